The summed E-state index contributed by atoms with van der Waals surface area (Å²) in [6.07, 6.45) is 4.46. The van der Waals surface area contributed by atoms with Crippen molar-refractivity contribution in [2.75, 3.05) is 13.4 Å². The molecule has 0 unspecified atom stereocenters. The number of fused-ring (bicyclic) bond motifs is 1. The molecule has 0 atom stereocenters. The van der Waals surface area contributed by atoms with Crippen molar-refractivity contribution in [2.24, 2.45) is 0 Å². The Balaban J connectivity index is 1.47. The highest BCUT2D eigenvalue weighted by Gasteiger charge is 2.27. The minimum atomic E-state index is 0.0304. The van der Waals surface area contributed by atoms with Gasteiger partial charge in [-0.1, -0.05) is 37.1 Å². The number of carbonyl (C=O) groups is 1. The molecular weight excluding hydrogens is 342 g/mol. The lowest BCUT2D eigenvalue weighted by atomic mass is 10.1. The summed E-state index contributed by atoms with van der Waals surface area (Å²) >= 11 is 0. The molecule has 1 fully saturated rings. The van der Waals surface area contributed by atoms with E-state index in [4.69, 9.17) is 14.2 Å². The molecule has 1 aliphatic carbocycles. The van der Waals surface area contributed by atoms with E-state index in [1.54, 1.807) is 0 Å². The fourth-order valence-electron chi connectivity index (χ4n) is 3.81. The Morgan fingerprint density at radius 1 is 1.11 bits per heavy atom. The molecule has 0 N–H and O–H groups in total. The van der Waals surface area contributed by atoms with Crippen LogP contribution >= 0.6 is 0 Å². The van der Waals surface area contributed by atoms with Crippen LogP contribution in [0.5, 0.6) is 17.2 Å². The topological polar surface area (TPSA) is 48.0 Å². The van der Waals surface area contributed by atoms with Gasteiger partial charge in [-0.25, -0.2) is 0 Å². The zero-order valence-electron chi connectivity index (χ0n) is 15.6. The van der Waals surface area contributed by atoms with E-state index in [1.807, 2.05) is 54.3 Å². The third-order valence-corrected chi connectivity index (χ3v) is 5.32. The largest absolute Gasteiger partial charge is 0.484 e. The molecule has 2 aromatic carbocycles. The highest BCUT2D eigenvalue weighted by Crippen LogP contribution is 2.33. The summed E-state index contributed by atoms with van der Waals surface area (Å²) in [4.78, 5) is 15.0. The van der Waals surface area contributed by atoms with E-state index in [1.165, 1.54) is 12.8 Å². The van der Waals surface area contributed by atoms with Crippen LogP contribution in [0.4, 0.5) is 0 Å². The first-order valence-electron chi connectivity index (χ1n) is 9.57. The van der Waals surface area contributed by atoms with Crippen LogP contribution < -0.4 is 14.2 Å². The fraction of sp³-hybridized carbons (Fsp3) is 0.409. The quantitative estimate of drug-likeness (QED) is 0.772. The average molecular weight is 367 g/mol. The molecule has 5 nitrogen and oxygen atoms in total. The highest BCUT2D eigenvalue weighted by atomic mass is 16.7. The number of para-hydroxylation sites is 1. The van der Waals surface area contributed by atoms with Crippen molar-refractivity contribution in [2.45, 2.75) is 45.2 Å². The van der Waals surface area contributed by atoms with E-state index >= 15 is 0 Å². The van der Waals surface area contributed by atoms with Crippen LogP contribution in [-0.4, -0.2) is 30.2 Å². The smallest absolute Gasteiger partial charge is 0.261 e. The predicted octanol–water partition coefficient (Wildman–Crippen LogP) is 4.07. The molecule has 27 heavy (non-hydrogen) atoms. The van der Waals surface area contributed by atoms with Crippen molar-refractivity contribution >= 4 is 5.91 Å². The van der Waals surface area contributed by atoms with Crippen LogP contribution in [0, 0.1) is 6.92 Å². The van der Waals surface area contributed by atoms with Crippen LogP contribution in [0.3, 0.4) is 0 Å². The second-order valence-corrected chi connectivity index (χ2v) is 7.20. The molecule has 2 aliphatic rings. The van der Waals surface area contributed by atoms with Gasteiger partial charge in [0.05, 0.1) is 0 Å². The Bertz CT molecular complexity index is 814. The van der Waals surface area contributed by atoms with E-state index in [9.17, 15) is 4.79 Å². The first-order valence-corrected chi connectivity index (χ1v) is 9.57. The van der Waals surface area contributed by atoms with E-state index in [0.29, 0.717) is 6.54 Å². The number of carbonyl (C=O) groups excluding carboxylic acids is 1. The zero-order chi connectivity index (χ0) is 18.6. The SMILES string of the molecule is Cc1ccccc1OCC(=O)N(Cc1ccc2c(c1)OCO2)C1CCCC1. The number of hydrogen-bond donors (Lipinski definition) is 0. The molecule has 4 rings (SSSR count). The molecule has 5 heteroatoms. The number of hydrogen-bond acceptors (Lipinski definition) is 4. The van der Waals surface area contributed by atoms with E-state index in [0.717, 1.165) is 41.2 Å². The van der Waals surface area contributed by atoms with Gasteiger partial charge in [-0.3, -0.25) is 4.79 Å². The van der Waals surface area contributed by atoms with Crippen LogP contribution in [-0.2, 0) is 11.3 Å². The molecule has 2 aromatic rings. The summed E-state index contributed by atoms with van der Waals surface area (Å²) in [6, 6.07) is 14.0. The average Bonchev–Trinajstić information content (AvgIpc) is 3.36. The minimum Gasteiger partial charge on any atom is -0.484 e. The second kappa shape index (κ2) is 7.91. The summed E-state index contributed by atoms with van der Waals surface area (Å²) in [7, 11) is 0. The van der Waals surface area contributed by atoms with Crippen molar-refractivity contribution in [1.29, 1.82) is 0 Å². The van der Waals surface area contributed by atoms with Crippen LogP contribution in [0.1, 0.15) is 36.8 Å². The minimum absolute atomic E-state index is 0.0304. The summed E-state index contributed by atoms with van der Waals surface area (Å²) in [5.41, 5.74) is 2.09. The van der Waals surface area contributed by atoms with Gasteiger partial charge in [0.25, 0.3) is 5.91 Å². The standard InChI is InChI=1S/C22H25NO4/c1-16-6-2-5-9-19(16)25-14-22(24)23(18-7-3-4-8-18)13-17-10-11-20-21(12-17)27-15-26-20/h2,5-6,9-12,18H,3-4,7-8,13-15H2,1H3. The van der Waals surface area contributed by atoms with Gasteiger partial charge in [0.1, 0.15) is 5.75 Å². The first kappa shape index (κ1) is 17.7. The van der Waals surface area contributed by atoms with Crippen LogP contribution in [0.15, 0.2) is 42.5 Å². The van der Waals surface area contributed by atoms with Crippen molar-refractivity contribution in [3.63, 3.8) is 0 Å². The molecule has 1 saturated carbocycles. The van der Waals surface area contributed by atoms with Crippen LogP contribution in [0.25, 0.3) is 0 Å². The van der Waals surface area contributed by atoms with Gasteiger partial charge in [0, 0.05) is 12.6 Å². The Labute approximate surface area is 159 Å². The Morgan fingerprint density at radius 2 is 1.89 bits per heavy atom. The highest BCUT2D eigenvalue weighted by molar-refractivity contribution is 5.78. The second-order valence-electron chi connectivity index (χ2n) is 7.20. The molecular formula is C22H25NO4. The molecule has 0 radical (unpaired) electrons. The molecule has 142 valence electrons. The van der Waals surface area contributed by atoms with Gasteiger partial charge in [-0.05, 0) is 49.1 Å². The number of ether oxygens (including phenoxy) is 3. The molecule has 0 spiro atoms. The van der Waals surface area contributed by atoms with E-state index in [2.05, 4.69) is 0 Å². The lowest BCUT2D eigenvalue weighted by molar-refractivity contribution is -0.136. The van der Waals surface area contributed by atoms with Gasteiger partial charge in [-0.2, -0.15) is 0 Å². The number of nitrogens with zero attached hydrogens (tertiary/aromatic N) is 1. The normalized spacial score (nSPS) is 15.7. The first-order chi connectivity index (χ1) is 13.2. The third-order valence-electron chi connectivity index (χ3n) is 5.32. The maximum atomic E-state index is 13.0. The Hall–Kier alpha value is -2.69. The molecule has 0 bridgehead atoms. The van der Waals surface area contributed by atoms with Crippen LogP contribution in [0.2, 0.25) is 0 Å². The fourth-order valence-corrected chi connectivity index (χ4v) is 3.81. The molecule has 1 heterocycles. The van der Waals surface area contributed by atoms with Gasteiger partial charge in [0.2, 0.25) is 6.79 Å². The lowest BCUT2D eigenvalue weighted by Crippen LogP contribution is -2.41. The molecule has 1 amide bonds. The monoisotopic (exact) mass is 367 g/mol. The van der Waals surface area contributed by atoms with Crippen molar-refractivity contribution in [3.8, 4) is 17.2 Å². The van der Waals surface area contributed by atoms with Crippen molar-refractivity contribution < 1.29 is 19.0 Å². The summed E-state index contributed by atoms with van der Waals surface area (Å²) < 4.78 is 16.7. The summed E-state index contributed by atoms with van der Waals surface area (Å²) in [5.74, 6) is 2.31. The maximum Gasteiger partial charge on any atom is 0.261 e. The van der Waals surface area contributed by atoms with Crippen molar-refractivity contribution in [1.82, 2.24) is 4.90 Å². The Morgan fingerprint density at radius 3 is 2.70 bits per heavy atom. The molecule has 0 saturated heterocycles. The van der Waals surface area contributed by atoms with E-state index < -0.39 is 0 Å². The van der Waals surface area contributed by atoms with Gasteiger partial charge < -0.3 is 19.1 Å². The Kier molecular flexibility index (Phi) is 5.19. The molecule has 1 aliphatic heterocycles. The number of aryl methyl sites for hydroxylation is 1. The van der Waals surface area contributed by atoms with E-state index in [-0.39, 0.29) is 25.3 Å². The molecule has 0 aromatic heterocycles. The number of amides is 1. The predicted molar refractivity (Wildman–Crippen MR) is 102 cm³/mol. The number of rotatable bonds is 6. The lowest BCUT2D eigenvalue weighted by Gasteiger charge is -2.29. The van der Waals surface area contributed by atoms with Gasteiger partial charge >= 0.3 is 0 Å². The maximum absolute atomic E-state index is 13.0. The van der Waals surface area contributed by atoms with Gasteiger partial charge in [-0.15, -0.1) is 0 Å². The zero-order valence-corrected chi connectivity index (χ0v) is 15.6. The summed E-state index contributed by atoms with van der Waals surface area (Å²) in [6.45, 7) is 2.87. The third kappa shape index (κ3) is 4.02. The van der Waals surface area contributed by atoms with Gasteiger partial charge in [0.15, 0.2) is 18.1 Å². The number of benzene rings is 2. The summed E-state index contributed by atoms with van der Waals surface area (Å²) in [5, 5.41) is 0. The van der Waals surface area contributed by atoms with Crippen molar-refractivity contribution in [3.05, 3.63) is 53.6 Å².